The maximum atomic E-state index is 11.8. The Morgan fingerprint density at radius 3 is 2.35 bits per heavy atom. The molecular weight excluding hydrogens is 352 g/mol. The van der Waals surface area contributed by atoms with E-state index in [1.165, 1.54) is 0 Å². The molecule has 148 valence electrons. The number of hydrogen-bond donors (Lipinski definition) is 1. The van der Waals surface area contributed by atoms with Crippen LogP contribution in [0.3, 0.4) is 0 Å². The zero-order valence-corrected chi connectivity index (χ0v) is 17.4. The van der Waals surface area contributed by atoms with E-state index in [1.807, 2.05) is 58.9 Å². The van der Waals surface area contributed by atoms with Crippen LogP contribution in [-0.4, -0.2) is 23.5 Å². The minimum Gasteiger partial charge on any atom is -0.466 e. The van der Waals surface area contributed by atoms with Gasteiger partial charge in [-0.2, -0.15) is 0 Å². The lowest BCUT2D eigenvalue weighted by Crippen LogP contribution is -2.32. The Hall–Kier alpha value is -1.10. The predicted molar refractivity (Wildman–Crippen MR) is 105 cm³/mol. The van der Waals surface area contributed by atoms with Crippen molar-refractivity contribution < 1.29 is 19.4 Å². The highest BCUT2D eigenvalue weighted by Gasteiger charge is 2.29. The number of rotatable bonds is 10. The second kappa shape index (κ2) is 10.3. The van der Waals surface area contributed by atoms with Crippen LogP contribution in [-0.2, 0) is 14.3 Å². The molecule has 1 rings (SSSR count). The number of ether oxygens (including phenoxy) is 2. The maximum absolute atomic E-state index is 11.8. The number of hydrogen-bond acceptors (Lipinski definition) is 4. The standard InChI is InChI=1S/C21H33ClO4/c1-6-21(24,7-2)26-18(16-11-8-9-12-17(16)22)13-10-14-25-19(23)15-20(3,4)5/h8-9,11-12,18,24H,6-7,10,13-15H2,1-5H3. The van der Waals surface area contributed by atoms with Gasteiger partial charge in [0, 0.05) is 5.02 Å². The van der Waals surface area contributed by atoms with E-state index >= 15 is 0 Å². The zero-order valence-electron chi connectivity index (χ0n) is 16.7. The first-order valence-electron chi connectivity index (χ1n) is 9.40. The predicted octanol–water partition coefficient (Wildman–Crippen LogP) is 5.67. The van der Waals surface area contributed by atoms with Crippen LogP contribution in [0.4, 0.5) is 0 Å². The monoisotopic (exact) mass is 384 g/mol. The zero-order chi connectivity index (χ0) is 19.8. The number of benzene rings is 1. The van der Waals surface area contributed by atoms with Gasteiger partial charge >= 0.3 is 5.97 Å². The molecule has 1 N–H and O–H groups in total. The van der Waals surface area contributed by atoms with Crippen molar-refractivity contribution in [1.29, 1.82) is 0 Å². The summed E-state index contributed by atoms with van der Waals surface area (Å²) in [6.45, 7) is 10.1. The Morgan fingerprint density at radius 2 is 1.81 bits per heavy atom. The highest BCUT2D eigenvalue weighted by molar-refractivity contribution is 6.31. The van der Waals surface area contributed by atoms with E-state index in [1.54, 1.807) is 0 Å². The second-order valence-electron chi connectivity index (χ2n) is 7.88. The molecule has 0 aliphatic carbocycles. The van der Waals surface area contributed by atoms with E-state index in [0.717, 1.165) is 5.56 Å². The third-order valence-electron chi connectivity index (χ3n) is 4.27. The molecule has 1 atom stereocenters. The molecule has 0 spiro atoms. The van der Waals surface area contributed by atoms with Gasteiger partial charge in [0.1, 0.15) is 0 Å². The van der Waals surface area contributed by atoms with Gasteiger partial charge in [0.15, 0.2) is 5.79 Å². The highest BCUT2D eigenvalue weighted by atomic mass is 35.5. The summed E-state index contributed by atoms with van der Waals surface area (Å²) in [5, 5.41) is 11.2. The molecule has 0 heterocycles. The van der Waals surface area contributed by atoms with Crippen molar-refractivity contribution in [2.75, 3.05) is 6.61 Å². The number of carbonyl (C=O) groups is 1. The second-order valence-corrected chi connectivity index (χ2v) is 8.29. The highest BCUT2D eigenvalue weighted by Crippen LogP contribution is 2.34. The fourth-order valence-electron chi connectivity index (χ4n) is 2.63. The molecule has 0 aliphatic heterocycles. The summed E-state index contributed by atoms with van der Waals surface area (Å²) in [7, 11) is 0. The van der Waals surface area contributed by atoms with Gasteiger partial charge in [0.2, 0.25) is 0 Å². The molecule has 26 heavy (non-hydrogen) atoms. The lowest BCUT2D eigenvalue weighted by molar-refractivity contribution is -0.237. The quantitative estimate of drug-likeness (QED) is 0.321. The topological polar surface area (TPSA) is 55.8 Å². The first kappa shape index (κ1) is 22.9. The average Bonchev–Trinajstić information content (AvgIpc) is 2.56. The molecule has 0 saturated heterocycles. The van der Waals surface area contributed by atoms with Crippen LogP contribution in [0.25, 0.3) is 0 Å². The lowest BCUT2D eigenvalue weighted by atomic mass is 9.92. The van der Waals surface area contributed by atoms with E-state index in [4.69, 9.17) is 21.1 Å². The van der Waals surface area contributed by atoms with Gasteiger partial charge in [-0.05, 0) is 42.7 Å². The molecule has 1 aromatic rings. The molecular formula is C21H33ClO4. The first-order valence-corrected chi connectivity index (χ1v) is 9.78. The van der Waals surface area contributed by atoms with Gasteiger partial charge in [-0.3, -0.25) is 4.79 Å². The molecule has 4 nitrogen and oxygen atoms in total. The van der Waals surface area contributed by atoms with Crippen molar-refractivity contribution >= 4 is 17.6 Å². The average molecular weight is 385 g/mol. The van der Waals surface area contributed by atoms with Crippen LogP contribution in [0.15, 0.2) is 24.3 Å². The molecule has 0 aliphatic rings. The van der Waals surface area contributed by atoms with Crippen LogP contribution in [0.1, 0.15) is 78.4 Å². The summed E-state index contributed by atoms with van der Waals surface area (Å²) < 4.78 is 11.3. The van der Waals surface area contributed by atoms with Crippen LogP contribution in [0, 0.1) is 5.41 Å². The molecule has 0 saturated carbocycles. The summed E-state index contributed by atoms with van der Waals surface area (Å²) in [4.78, 5) is 11.8. The summed E-state index contributed by atoms with van der Waals surface area (Å²) in [6, 6.07) is 7.48. The summed E-state index contributed by atoms with van der Waals surface area (Å²) in [5.41, 5.74) is 0.759. The molecule has 1 aromatic carbocycles. The molecule has 0 aromatic heterocycles. The fourth-order valence-corrected chi connectivity index (χ4v) is 2.89. The Bertz CT molecular complexity index is 561. The van der Waals surface area contributed by atoms with E-state index < -0.39 is 5.79 Å². The Balaban J connectivity index is 2.69. The van der Waals surface area contributed by atoms with Crippen molar-refractivity contribution in [1.82, 2.24) is 0 Å². The third kappa shape index (κ3) is 8.07. The number of esters is 1. The van der Waals surface area contributed by atoms with Gasteiger partial charge in [0.25, 0.3) is 0 Å². The number of aliphatic hydroxyl groups is 1. The SMILES string of the molecule is CCC(O)(CC)OC(CCCOC(=O)CC(C)(C)C)c1ccccc1Cl. The summed E-state index contributed by atoms with van der Waals surface area (Å²) in [5.74, 6) is -1.38. The third-order valence-corrected chi connectivity index (χ3v) is 4.61. The van der Waals surface area contributed by atoms with Crippen LogP contribution in [0.5, 0.6) is 0 Å². The molecule has 0 fully saturated rings. The molecule has 0 radical (unpaired) electrons. The summed E-state index contributed by atoms with van der Waals surface area (Å²) in [6.07, 6.45) is 2.26. The number of halogens is 1. The van der Waals surface area contributed by atoms with Crippen LogP contribution < -0.4 is 0 Å². The van der Waals surface area contributed by atoms with Crippen molar-refractivity contribution in [2.24, 2.45) is 5.41 Å². The minimum atomic E-state index is -1.19. The van der Waals surface area contributed by atoms with E-state index in [2.05, 4.69) is 0 Å². The normalized spacial score (nSPS) is 13.5. The van der Waals surface area contributed by atoms with Crippen molar-refractivity contribution in [2.45, 2.75) is 78.6 Å². The fraction of sp³-hybridized carbons (Fsp3) is 0.667. The van der Waals surface area contributed by atoms with Crippen molar-refractivity contribution in [3.63, 3.8) is 0 Å². The van der Waals surface area contributed by atoms with Gasteiger partial charge in [0.05, 0.1) is 19.1 Å². The molecule has 0 amide bonds. The van der Waals surface area contributed by atoms with Crippen LogP contribution >= 0.6 is 11.6 Å². The maximum Gasteiger partial charge on any atom is 0.306 e. The Morgan fingerprint density at radius 1 is 1.19 bits per heavy atom. The molecule has 0 bridgehead atoms. The van der Waals surface area contributed by atoms with E-state index in [9.17, 15) is 9.90 Å². The first-order chi connectivity index (χ1) is 12.1. The minimum absolute atomic E-state index is 0.0843. The van der Waals surface area contributed by atoms with Gasteiger partial charge in [-0.15, -0.1) is 0 Å². The Labute approximate surface area is 162 Å². The van der Waals surface area contributed by atoms with Crippen molar-refractivity contribution in [3.8, 4) is 0 Å². The van der Waals surface area contributed by atoms with Gasteiger partial charge in [-0.25, -0.2) is 0 Å². The summed E-state index contributed by atoms with van der Waals surface area (Å²) >= 11 is 6.32. The lowest BCUT2D eigenvalue weighted by Gasteiger charge is -2.32. The van der Waals surface area contributed by atoms with Crippen molar-refractivity contribution in [3.05, 3.63) is 34.9 Å². The number of carbonyl (C=O) groups excluding carboxylic acids is 1. The van der Waals surface area contributed by atoms with Gasteiger partial charge < -0.3 is 14.6 Å². The smallest absolute Gasteiger partial charge is 0.306 e. The van der Waals surface area contributed by atoms with Gasteiger partial charge in [-0.1, -0.05) is 64.4 Å². The molecule has 5 heteroatoms. The Kier molecular flexibility index (Phi) is 9.08. The van der Waals surface area contributed by atoms with E-state index in [-0.39, 0.29) is 17.5 Å². The molecule has 1 unspecified atom stereocenters. The largest absolute Gasteiger partial charge is 0.466 e. The van der Waals surface area contributed by atoms with Crippen LogP contribution in [0.2, 0.25) is 5.02 Å². The van der Waals surface area contributed by atoms with E-state index in [0.29, 0.717) is 43.7 Å².